The van der Waals surface area contributed by atoms with Crippen LogP contribution in [0.3, 0.4) is 0 Å². The Kier molecular flexibility index (Phi) is 3.61. The van der Waals surface area contributed by atoms with Crippen molar-refractivity contribution in [1.82, 2.24) is 5.32 Å². The summed E-state index contributed by atoms with van der Waals surface area (Å²) in [5.74, 6) is -1.64. The third kappa shape index (κ3) is 2.30. The predicted octanol–water partition coefficient (Wildman–Crippen LogP) is 0.892. The van der Waals surface area contributed by atoms with Crippen molar-refractivity contribution in [2.75, 3.05) is 0 Å². The van der Waals surface area contributed by atoms with Gasteiger partial charge >= 0.3 is 0 Å². The highest BCUT2D eigenvalue weighted by Crippen LogP contribution is 2.37. The number of dihydropyridines is 1. The summed E-state index contributed by atoms with van der Waals surface area (Å²) >= 11 is 0. The molecule has 0 saturated heterocycles. The number of carbonyl (C=O) groups excluding carboxylic acids is 2. The minimum Gasteiger partial charge on any atom is -0.366 e. The number of hydrogen-bond acceptors (Lipinski definition) is 3. The Morgan fingerprint density at radius 1 is 0.950 bits per heavy atom. The number of carbonyl (C=O) groups is 2. The summed E-state index contributed by atoms with van der Waals surface area (Å²) in [7, 11) is 0. The number of primary amides is 2. The molecule has 5 heteroatoms. The highest BCUT2D eigenvalue weighted by atomic mass is 16.1. The van der Waals surface area contributed by atoms with Crippen molar-refractivity contribution in [1.29, 1.82) is 0 Å². The molecule has 0 aliphatic carbocycles. The van der Waals surface area contributed by atoms with E-state index >= 15 is 0 Å². The number of hydrogen-bond donors (Lipinski definition) is 3. The molecule has 0 fully saturated rings. The van der Waals surface area contributed by atoms with E-state index in [9.17, 15) is 9.59 Å². The van der Waals surface area contributed by atoms with Crippen molar-refractivity contribution in [2.45, 2.75) is 19.8 Å². The fraction of sp³-hybridized carbons (Fsp3) is 0.200. The molecule has 2 rings (SSSR count). The van der Waals surface area contributed by atoms with Crippen molar-refractivity contribution in [3.05, 3.63) is 58.4 Å². The quantitative estimate of drug-likeness (QED) is 0.761. The molecule has 1 aliphatic rings. The van der Waals surface area contributed by atoms with Gasteiger partial charge in [0.25, 0.3) is 0 Å². The largest absolute Gasteiger partial charge is 0.366 e. The van der Waals surface area contributed by atoms with Crippen molar-refractivity contribution >= 4 is 11.8 Å². The maximum atomic E-state index is 11.8. The van der Waals surface area contributed by atoms with E-state index in [1.54, 1.807) is 13.8 Å². The van der Waals surface area contributed by atoms with E-state index in [2.05, 4.69) is 5.32 Å². The van der Waals surface area contributed by atoms with E-state index in [1.807, 2.05) is 30.3 Å². The van der Waals surface area contributed by atoms with Crippen LogP contribution in [0.4, 0.5) is 0 Å². The molecule has 1 aliphatic heterocycles. The first kappa shape index (κ1) is 13.9. The van der Waals surface area contributed by atoms with Gasteiger partial charge in [-0.05, 0) is 19.4 Å². The summed E-state index contributed by atoms with van der Waals surface area (Å²) in [4.78, 5) is 23.5. The molecule has 1 aromatic carbocycles. The van der Waals surface area contributed by atoms with Gasteiger partial charge in [0.15, 0.2) is 0 Å². The van der Waals surface area contributed by atoms with Crippen LogP contribution in [0.2, 0.25) is 0 Å². The number of rotatable bonds is 3. The molecule has 0 aromatic heterocycles. The molecule has 0 unspecified atom stereocenters. The Morgan fingerprint density at radius 2 is 1.40 bits per heavy atom. The van der Waals surface area contributed by atoms with Crippen LogP contribution in [0.1, 0.15) is 25.3 Å². The second kappa shape index (κ2) is 5.21. The first-order valence-electron chi connectivity index (χ1n) is 6.26. The summed E-state index contributed by atoms with van der Waals surface area (Å²) in [6, 6.07) is 9.26. The number of nitrogens with one attached hydrogen (secondary N) is 1. The first-order chi connectivity index (χ1) is 9.43. The van der Waals surface area contributed by atoms with Gasteiger partial charge in [0.05, 0.1) is 0 Å². The summed E-state index contributed by atoms with van der Waals surface area (Å²) in [6.07, 6.45) is 0. The summed E-state index contributed by atoms with van der Waals surface area (Å²) in [6.45, 7) is 3.52. The van der Waals surface area contributed by atoms with E-state index in [4.69, 9.17) is 11.5 Å². The Labute approximate surface area is 117 Å². The predicted molar refractivity (Wildman–Crippen MR) is 76.1 cm³/mol. The lowest BCUT2D eigenvalue weighted by atomic mass is 9.80. The zero-order chi connectivity index (χ0) is 14.9. The Morgan fingerprint density at radius 3 is 1.80 bits per heavy atom. The molecule has 0 spiro atoms. The molecule has 2 amide bonds. The molecule has 0 radical (unpaired) electrons. The third-order valence-electron chi connectivity index (χ3n) is 3.42. The SMILES string of the molecule is CC1=C(C(N)=O)C(c2ccccc2)C(C(N)=O)=C(C)N1. The van der Waals surface area contributed by atoms with Crippen molar-refractivity contribution in [3.63, 3.8) is 0 Å². The van der Waals surface area contributed by atoms with Gasteiger partial charge in [-0.3, -0.25) is 9.59 Å². The summed E-state index contributed by atoms with van der Waals surface area (Å²) in [5.41, 5.74) is 13.8. The zero-order valence-corrected chi connectivity index (χ0v) is 11.4. The second-order valence-corrected chi connectivity index (χ2v) is 4.77. The maximum absolute atomic E-state index is 11.8. The molecular formula is C15H17N3O2. The number of amides is 2. The van der Waals surface area contributed by atoms with Gasteiger partial charge in [0.2, 0.25) is 11.8 Å². The standard InChI is InChI=1S/C15H17N3O2/c1-8-11(14(16)19)13(10-6-4-3-5-7-10)12(15(17)20)9(2)18-8/h3-7,13,18H,1-2H3,(H2,16,19)(H2,17,20). The maximum Gasteiger partial charge on any atom is 0.247 e. The van der Waals surface area contributed by atoms with E-state index < -0.39 is 17.7 Å². The van der Waals surface area contributed by atoms with Crippen molar-refractivity contribution in [2.24, 2.45) is 11.5 Å². The molecule has 1 aromatic rings. The fourth-order valence-corrected chi connectivity index (χ4v) is 2.63. The topological polar surface area (TPSA) is 98.2 Å². The molecule has 5 N–H and O–H groups in total. The summed E-state index contributed by atoms with van der Waals surface area (Å²) in [5, 5.41) is 3.00. The first-order valence-corrected chi connectivity index (χ1v) is 6.26. The highest BCUT2D eigenvalue weighted by Gasteiger charge is 2.34. The van der Waals surface area contributed by atoms with Crippen LogP contribution in [0.5, 0.6) is 0 Å². The average molecular weight is 271 g/mol. The van der Waals surface area contributed by atoms with Gasteiger partial charge in [0.1, 0.15) is 0 Å². The monoisotopic (exact) mass is 271 g/mol. The summed E-state index contributed by atoms with van der Waals surface area (Å²) < 4.78 is 0. The third-order valence-corrected chi connectivity index (χ3v) is 3.42. The van der Waals surface area contributed by atoms with Crippen LogP contribution in [-0.4, -0.2) is 11.8 Å². The molecule has 0 saturated carbocycles. The van der Waals surface area contributed by atoms with Gasteiger partial charge < -0.3 is 16.8 Å². The molecule has 104 valence electrons. The molecule has 20 heavy (non-hydrogen) atoms. The van der Waals surface area contributed by atoms with Crippen LogP contribution >= 0.6 is 0 Å². The van der Waals surface area contributed by atoms with Crippen LogP contribution in [0, 0.1) is 0 Å². The Hall–Kier alpha value is -2.56. The van der Waals surface area contributed by atoms with E-state index in [-0.39, 0.29) is 0 Å². The van der Waals surface area contributed by atoms with Crippen LogP contribution in [0.25, 0.3) is 0 Å². The van der Waals surface area contributed by atoms with Gasteiger partial charge in [-0.25, -0.2) is 0 Å². The zero-order valence-electron chi connectivity index (χ0n) is 11.4. The molecule has 5 nitrogen and oxygen atoms in total. The number of nitrogens with two attached hydrogens (primary N) is 2. The highest BCUT2D eigenvalue weighted by molar-refractivity contribution is 6.02. The van der Waals surface area contributed by atoms with Gasteiger partial charge in [-0.2, -0.15) is 0 Å². The number of allylic oxidation sites excluding steroid dienone is 2. The minimum absolute atomic E-state index is 0.371. The molecule has 1 heterocycles. The van der Waals surface area contributed by atoms with Gasteiger partial charge in [-0.15, -0.1) is 0 Å². The Bertz CT molecular complexity index is 594. The van der Waals surface area contributed by atoms with Crippen molar-refractivity contribution < 1.29 is 9.59 Å². The van der Waals surface area contributed by atoms with Crippen LogP contribution < -0.4 is 16.8 Å². The Balaban J connectivity index is 2.67. The minimum atomic E-state index is -0.560. The lowest BCUT2D eigenvalue weighted by Gasteiger charge is -2.29. The number of benzene rings is 1. The normalized spacial score (nSPS) is 16.1. The molecular weight excluding hydrogens is 254 g/mol. The van der Waals surface area contributed by atoms with E-state index in [0.717, 1.165) is 5.56 Å². The lowest BCUT2D eigenvalue weighted by molar-refractivity contribution is -0.115. The van der Waals surface area contributed by atoms with E-state index in [0.29, 0.717) is 22.5 Å². The fourth-order valence-electron chi connectivity index (χ4n) is 2.63. The van der Waals surface area contributed by atoms with Gasteiger partial charge in [0, 0.05) is 28.5 Å². The smallest absolute Gasteiger partial charge is 0.247 e. The van der Waals surface area contributed by atoms with Crippen molar-refractivity contribution in [3.8, 4) is 0 Å². The molecule has 0 bridgehead atoms. The molecule has 0 atom stereocenters. The van der Waals surface area contributed by atoms with Crippen LogP contribution in [-0.2, 0) is 9.59 Å². The second-order valence-electron chi connectivity index (χ2n) is 4.77. The van der Waals surface area contributed by atoms with E-state index in [1.165, 1.54) is 0 Å². The van der Waals surface area contributed by atoms with Gasteiger partial charge in [-0.1, -0.05) is 30.3 Å². The van der Waals surface area contributed by atoms with Crippen LogP contribution in [0.15, 0.2) is 52.9 Å². The average Bonchev–Trinajstić information content (AvgIpc) is 2.37. The lowest BCUT2D eigenvalue weighted by Crippen LogP contribution is -2.35.